The van der Waals surface area contributed by atoms with Crippen molar-refractivity contribution in [1.29, 1.82) is 0 Å². The van der Waals surface area contributed by atoms with Gasteiger partial charge in [0, 0.05) is 23.4 Å². The van der Waals surface area contributed by atoms with E-state index >= 15 is 0 Å². The molecule has 1 aromatic heterocycles. The number of fused-ring (bicyclic) bond motifs is 2. The maximum atomic E-state index is 13.0. The van der Waals surface area contributed by atoms with Crippen molar-refractivity contribution < 1.29 is 14.7 Å². The van der Waals surface area contributed by atoms with Crippen LogP contribution in [0.1, 0.15) is 31.7 Å². The number of rotatable bonds is 4. The molecule has 0 saturated heterocycles. The highest BCUT2D eigenvalue weighted by molar-refractivity contribution is 6.08. The van der Waals surface area contributed by atoms with Gasteiger partial charge >= 0.3 is 5.97 Å². The largest absolute Gasteiger partial charge is 0.478 e. The van der Waals surface area contributed by atoms with E-state index in [1.54, 1.807) is 22.8 Å². The summed E-state index contributed by atoms with van der Waals surface area (Å²) in [6.45, 7) is 3.41. The molecule has 2 heterocycles. The molecule has 0 aliphatic carbocycles. The minimum atomic E-state index is -1.14. The van der Waals surface area contributed by atoms with Crippen molar-refractivity contribution in [3.63, 3.8) is 0 Å². The number of anilines is 1. The number of carbonyl (C=O) groups is 2. The minimum absolute atomic E-state index is 0.0248. The zero-order valence-corrected chi connectivity index (χ0v) is 17.2. The first-order chi connectivity index (χ1) is 14.8. The minimum Gasteiger partial charge on any atom is -0.478 e. The van der Waals surface area contributed by atoms with E-state index in [1.807, 2.05) is 36.4 Å². The lowest BCUT2D eigenvalue weighted by Gasteiger charge is -2.09. The van der Waals surface area contributed by atoms with Crippen LogP contribution >= 0.6 is 0 Å². The van der Waals surface area contributed by atoms with Crippen LogP contribution in [0, 0.1) is 0 Å². The van der Waals surface area contributed by atoms with Crippen molar-refractivity contribution in [2.45, 2.75) is 26.8 Å². The number of allylic oxidation sites excluding steroid dienone is 1. The molecule has 0 unspecified atom stereocenters. The first-order valence-corrected chi connectivity index (χ1v) is 9.88. The third-order valence-electron chi connectivity index (χ3n) is 5.47. The highest BCUT2D eigenvalue weighted by Crippen LogP contribution is 2.28. The van der Waals surface area contributed by atoms with E-state index in [0.717, 1.165) is 17.6 Å². The van der Waals surface area contributed by atoms with Crippen LogP contribution < -0.4 is 10.9 Å². The number of aromatic nitrogens is 2. The van der Waals surface area contributed by atoms with Gasteiger partial charge < -0.3 is 10.4 Å². The molecule has 0 fully saturated rings. The van der Waals surface area contributed by atoms with E-state index < -0.39 is 11.9 Å². The number of carboxylic acids is 1. The van der Waals surface area contributed by atoms with E-state index in [-0.39, 0.29) is 16.7 Å². The molecule has 7 heteroatoms. The molecule has 1 amide bonds. The third kappa shape index (κ3) is 3.90. The molecular weight excluding hydrogens is 394 g/mol. The number of amides is 1. The maximum absolute atomic E-state index is 13.0. The Hall–Kier alpha value is -4.00. The topological polar surface area (TPSA) is 101 Å². The first-order valence-electron chi connectivity index (χ1n) is 9.88. The van der Waals surface area contributed by atoms with Gasteiger partial charge in [0.2, 0.25) is 0 Å². The third-order valence-corrected chi connectivity index (χ3v) is 5.47. The zero-order valence-electron chi connectivity index (χ0n) is 17.2. The van der Waals surface area contributed by atoms with Gasteiger partial charge in [-0.25, -0.2) is 9.78 Å². The fraction of sp³-hybridized carbons (Fsp3) is 0.167. The molecule has 1 aliphatic rings. The molecule has 2 N–H and O–H groups in total. The smallest absolute Gasteiger partial charge is 0.331 e. The number of hydrogen-bond acceptors (Lipinski definition) is 4. The molecule has 2 aromatic carbocycles. The second-order valence-corrected chi connectivity index (χ2v) is 7.46. The van der Waals surface area contributed by atoms with E-state index in [4.69, 9.17) is 10.1 Å². The molecule has 0 saturated carbocycles. The maximum Gasteiger partial charge on any atom is 0.331 e. The van der Waals surface area contributed by atoms with Gasteiger partial charge in [0.25, 0.3) is 11.5 Å². The standard InChI is InChI=1S/C24H21N3O4/c1-14(15(2)24(30)31)22(28)25-18-8-9-19-20(13-18)26-21-17(10-11-27(21)23(19)29)12-16-6-4-3-5-7-16/h3-9,12-13H,10-11H2,1-2H3,(H,25,28)(H,30,31). The predicted molar refractivity (Wildman–Crippen MR) is 120 cm³/mol. The van der Waals surface area contributed by atoms with Crippen LogP contribution in [0.5, 0.6) is 0 Å². The van der Waals surface area contributed by atoms with Gasteiger partial charge in [0.1, 0.15) is 5.82 Å². The Bertz CT molecular complexity index is 1330. The van der Waals surface area contributed by atoms with Crippen LogP contribution in [0.2, 0.25) is 0 Å². The Morgan fingerprint density at radius 2 is 1.84 bits per heavy atom. The molecule has 31 heavy (non-hydrogen) atoms. The summed E-state index contributed by atoms with van der Waals surface area (Å²) in [4.78, 5) is 41.1. The monoisotopic (exact) mass is 415 g/mol. The van der Waals surface area contributed by atoms with Crippen LogP contribution in [0.25, 0.3) is 22.6 Å². The van der Waals surface area contributed by atoms with Gasteiger partial charge in [-0.15, -0.1) is 0 Å². The molecule has 4 rings (SSSR count). The molecule has 0 radical (unpaired) electrons. The molecule has 0 spiro atoms. The number of nitrogens with one attached hydrogen (secondary N) is 1. The molecule has 0 atom stereocenters. The second kappa shape index (κ2) is 8.02. The first kappa shape index (κ1) is 20.3. The molecule has 0 bridgehead atoms. The number of carboxylic acid groups (broad SMARTS) is 1. The van der Waals surface area contributed by atoms with Crippen molar-refractivity contribution in [1.82, 2.24) is 9.55 Å². The summed E-state index contributed by atoms with van der Waals surface area (Å²) in [6.07, 6.45) is 2.75. The van der Waals surface area contributed by atoms with Gasteiger partial charge in [-0.3, -0.25) is 14.2 Å². The van der Waals surface area contributed by atoms with Gasteiger partial charge in [0.15, 0.2) is 0 Å². The predicted octanol–water partition coefficient (Wildman–Crippen LogP) is 3.70. The Labute approximate surface area is 178 Å². The van der Waals surface area contributed by atoms with Crippen LogP contribution in [-0.4, -0.2) is 26.5 Å². The van der Waals surface area contributed by atoms with E-state index in [0.29, 0.717) is 29.0 Å². The van der Waals surface area contributed by atoms with Gasteiger partial charge in [-0.1, -0.05) is 30.3 Å². The number of benzene rings is 2. The average molecular weight is 415 g/mol. The summed E-state index contributed by atoms with van der Waals surface area (Å²) in [7, 11) is 0. The highest BCUT2D eigenvalue weighted by atomic mass is 16.4. The number of carbonyl (C=O) groups excluding carboxylic acids is 1. The van der Waals surface area contributed by atoms with Crippen molar-refractivity contribution in [2.75, 3.05) is 5.32 Å². The summed E-state index contributed by atoms with van der Waals surface area (Å²) in [5, 5.41) is 12.2. The SMILES string of the molecule is CC(C(=O)O)=C(C)C(=O)Nc1ccc2c(=O)n3c(nc2c1)C(=Cc1ccccc1)CC3. The Morgan fingerprint density at radius 1 is 1.10 bits per heavy atom. The lowest BCUT2D eigenvalue weighted by atomic mass is 10.1. The Kier molecular flexibility index (Phi) is 5.25. The van der Waals surface area contributed by atoms with Crippen LogP contribution in [0.15, 0.2) is 64.5 Å². The summed E-state index contributed by atoms with van der Waals surface area (Å²) in [6, 6.07) is 14.8. The van der Waals surface area contributed by atoms with Gasteiger partial charge in [-0.05, 0) is 55.7 Å². The van der Waals surface area contributed by atoms with Crippen LogP contribution in [0.3, 0.4) is 0 Å². The lowest BCUT2D eigenvalue weighted by Crippen LogP contribution is -2.21. The average Bonchev–Trinajstić information content (AvgIpc) is 3.16. The number of aliphatic carboxylic acids is 1. The van der Waals surface area contributed by atoms with Crippen LogP contribution in [-0.2, 0) is 16.1 Å². The molecule has 156 valence electrons. The van der Waals surface area contributed by atoms with E-state index in [9.17, 15) is 14.4 Å². The van der Waals surface area contributed by atoms with Gasteiger partial charge in [-0.2, -0.15) is 0 Å². The second-order valence-electron chi connectivity index (χ2n) is 7.46. The zero-order chi connectivity index (χ0) is 22.1. The van der Waals surface area contributed by atoms with Gasteiger partial charge in [0.05, 0.1) is 10.9 Å². The lowest BCUT2D eigenvalue weighted by molar-refractivity contribution is -0.133. The number of nitrogens with zero attached hydrogens (tertiary/aromatic N) is 2. The highest BCUT2D eigenvalue weighted by Gasteiger charge is 2.21. The van der Waals surface area contributed by atoms with E-state index in [1.165, 1.54) is 13.8 Å². The van der Waals surface area contributed by atoms with Crippen LogP contribution in [0.4, 0.5) is 5.69 Å². The molecule has 3 aromatic rings. The number of hydrogen-bond donors (Lipinski definition) is 2. The Balaban J connectivity index is 1.73. The summed E-state index contributed by atoms with van der Waals surface area (Å²) in [5.41, 5.74) is 2.91. The quantitative estimate of drug-likeness (QED) is 0.633. The normalized spacial score (nSPS) is 15.0. The van der Waals surface area contributed by atoms with Crippen molar-refractivity contribution >= 4 is 40.1 Å². The van der Waals surface area contributed by atoms with Crippen molar-refractivity contribution in [3.8, 4) is 0 Å². The Morgan fingerprint density at radius 3 is 2.55 bits per heavy atom. The van der Waals surface area contributed by atoms with Crippen molar-refractivity contribution in [2.24, 2.45) is 0 Å². The molecule has 7 nitrogen and oxygen atoms in total. The molecular formula is C24H21N3O4. The summed E-state index contributed by atoms with van der Waals surface area (Å²) < 4.78 is 1.68. The summed E-state index contributed by atoms with van der Waals surface area (Å²) >= 11 is 0. The van der Waals surface area contributed by atoms with Crippen molar-refractivity contribution in [3.05, 3.63) is 81.4 Å². The fourth-order valence-electron chi connectivity index (χ4n) is 3.54. The fourth-order valence-corrected chi connectivity index (χ4v) is 3.54. The molecule has 1 aliphatic heterocycles. The summed E-state index contributed by atoms with van der Waals surface area (Å²) in [5.74, 6) is -1.03. The van der Waals surface area contributed by atoms with E-state index in [2.05, 4.69) is 5.32 Å².